The summed E-state index contributed by atoms with van der Waals surface area (Å²) >= 11 is 1.81. The maximum atomic E-state index is 5.30. The molecule has 0 spiro atoms. The minimum atomic E-state index is 0.752. The van der Waals surface area contributed by atoms with E-state index in [2.05, 4.69) is 39.9 Å². The monoisotopic (exact) mass is 265 g/mol. The van der Waals surface area contributed by atoms with Crippen molar-refractivity contribution in [2.75, 3.05) is 20.6 Å². The van der Waals surface area contributed by atoms with Gasteiger partial charge in [-0.05, 0) is 32.0 Å². The van der Waals surface area contributed by atoms with Crippen molar-refractivity contribution in [3.63, 3.8) is 0 Å². The SMILES string of the molecule is CNCc1cc(CN(C)CCc2cccs2)on1. The van der Waals surface area contributed by atoms with Crippen molar-refractivity contribution in [1.82, 2.24) is 15.4 Å². The van der Waals surface area contributed by atoms with Crippen molar-refractivity contribution in [1.29, 1.82) is 0 Å². The molecule has 0 fully saturated rings. The molecule has 0 amide bonds. The zero-order chi connectivity index (χ0) is 12.8. The van der Waals surface area contributed by atoms with Crippen LogP contribution in [0.15, 0.2) is 28.1 Å². The number of thiophene rings is 1. The van der Waals surface area contributed by atoms with Gasteiger partial charge in [-0.15, -0.1) is 11.3 Å². The van der Waals surface area contributed by atoms with E-state index in [1.54, 1.807) is 0 Å². The molecule has 4 nitrogen and oxygen atoms in total. The molecular formula is C13H19N3OS. The molecule has 5 heteroatoms. The van der Waals surface area contributed by atoms with Gasteiger partial charge in [0.2, 0.25) is 0 Å². The number of rotatable bonds is 7. The predicted molar refractivity (Wildman–Crippen MR) is 73.6 cm³/mol. The molecule has 2 aromatic heterocycles. The lowest BCUT2D eigenvalue weighted by Gasteiger charge is -2.13. The minimum Gasteiger partial charge on any atom is -0.360 e. The highest BCUT2D eigenvalue weighted by Crippen LogP contribution is 2.11. The van der Waals surface area contributed by atoms with Crippen LogP contribution in [0.1, 0.15) is 16.3 Å². The van der Waals surface area contributed by atoms with Gasteiger partial charge in [-0.2, -0.15) is 0 Å². The van der Waals surface area contributed by atoms with E-state index in [0.717, 1.165) is 37.5 Å². The summed E-state index contributed by atoms with van der Waals surface area (Å²) in [5.74, 6) is 0.925. The van der Waals surface area contributed by atoms with E-state index in [0.29, 0.717) is 0 Å². The largest absolute Gasteiger partial charge is 0.360 e. The first kappa shape index (κ1) is 13.3. The zero-order valence-electron chi connectivity index (χ0n) is 10.8. The number of hydrogen-bond acceptors (Lipinski definition) is 5. The van der Waals surface area contributed by atoms with Crippen molar-refractivity contribution in [3.8, 4) is 0 Å². The Morgan fingerprint density at radius 3 is 3.11 bits per heavy atom. The molecule has 0 unspecified atom stereocenters. The van der Waals surface area contributed by atoms with Crippen molar-refractivity contribution in [3.05, 3.63) is 39.9 Å². The molecule has 0 radical (unpaired) electrons. The second-order valence-corrected chi connectivity index (χ2v) is 5.41. The Bertz CT molecular complexity index is 453. The highest BCUT2D eigenvalue weighted by Gasteiger charge is 2.07. The van der Waals surface area contributed by atoms with Gasteiger partial charge >= 0.3 is 0 Å². The molecule has 0 aromatic carbocycles. The molecule has 18 heavy (non-hydrogen) atoms. The van der Waals surface area contributed by atoms with Crippen LogP contribution in [0.2, 0.25) is 0 Å². The van der Waals surface area contributed by atoms with E-state index in [9.17, 15) is 0 Å². The lowest BCUT2D eigenvalue weighted by atomic mass is 10.3. The van der Waals surface area contributed by atoms with Crippen molar-refractivity contribution >= 4 is 11.3 Å². The van der Waals surface area contributed by atoms with Crippen LogP contribution in [0.3, 0.4) is 0 Å². The first-order chi connectivity index (χ1) is 8.78. The molecule has 1 N–H and O–H groups in total. The minimum absolute atomic E-state index is 0.752. The van der Waals surface area contributed by atoms with Gasteiger partial charge in [-0.25, -0.2) is 0 Å². The fraction of sp³-hybridized carbons (Fsp3) is 0.462. The normalized spacial score (nSPS) is 11.3. The van der Waals surface area contributed by atoms with Gasteiger partial charge in [-0.3, -0.25) is 4.90 Å². The molecule has 0 atom stereocenters. The third kappa shape index (κ3) is 3.94. The predicted octanol–water partition coefficient (Wildman–Crippen LogP) is 2.13. The fourth-order valence-electron chi connectivity index (χ4n) is 1.80. The van der Waals surface area contributed by atoms with Crippen LogP contribution in [0.25, 0.3) is 0 Å². The molecule has 2 aromatic rings. The van der Waals surface area contributed by atoms with Crippen molar-refractivity contribution < 1.29 is 4.52 Å². The summed E-state index contributed by atoms with van der Waals surface area (Å²) in [6.07, 6.45) is 1.09. The summed E-state index contributed by atoms with van der Waals surface area (Å²) in [7, 11) is 4.01. The number of nitrogens with one attached hydrogen (secondary N) is 1. The maximum absolute atomic E-state index is 5.30. The third-order valence-electron chi connectivity index (χ3n) is 2.71. The molecule has 0 aliphatic rings. The van der Waals surface area contributed by atoms with Crippen LogP contribution >= 0.6 is 11.3 Å². The van der Waals surface area contributed by atoms with Crippen molar-refractivity contribution in [2.24, 2.45) is 0 Å². The van der Waals surface area contributed by atoms with Gasteiger partial charge in [0.15, 0.2) is 5.76 Å². The summed E-state index contributed by atoms with van der Waals surface area (Å²) in [6.45, 7) is 2.59. The summed E-state index contributed by atoms with van der Waals surface area (Å²) in [5, 5.41) is 9.19. The average molecular weight is 265 g/mol. The number of aromatic nitrogens is 1. The van der Waals surface area contributed by atoms with Crippen LogP contribution in [0, 0.1) is 0 Å². The van der Waals surface area contributed by atoms with Crippen LogP contribution in [0.4, 0.5) is 0 Å². The molecule has 0 saturated carbocycles. The van der Waals surface area contributed by atoms with E-state index in [-0.39, 0.29) is 0 Å². The molecule has 2 heterocycles. The lowest BCUT2D eigenvalue weighted by Crippen LogP contribution is -2.20. The van der Waals surface area contributed by atoms with Gasteiger partial charge in [0.05, 0.1) is 12.2 Å². The molecule has 0 bridgehead atoms. The summed E-state index contributed by atoms with van der Waals surface area (Å²) < 4.78 is 5.30. The fourth-order valence-corrected chi connectivity index (χ4v) is 2.49. The Balaban J connectivity index is 1.77. The van der Waals surface area contributed by atoms with Crippen molar-refractivity contribution in [2.45, 2.75) is 19.5 Å². The second kappa shape index (κ2) is 6.68. The molecule has 0 aliphatic heterocycles. The Hall–Kier alpha value is -1.17. The van der Waals surface area contributed by atoms with Gasteiger partial charge in [0, 0.05) is 24.0 Å². The third-order valence-corrected chi connectivity index (χ3v) is 3.65. The van der Waals surface area contributed by atoms with Gasteiger partial charge in [0.1, 0.15) is 0 Å². The Morgan fingerprint density at radius 1 is 1.50 bits per heavy atom. The van der Waals surface area contributed by atoms with E-state index in [4.69, 9.17) is 4.52 Å². The molecular weight excluding hydrogens is 246 g/mol. The number of nitrogens with zero attached hydrogens (tertiary/aromatic N) is 2. The first-order valence-electron chi connectivity index (χ1n) is 6.08. The highest BCUT2D eigenvalue weighted by molar-refractivity contribution is 7.09. The Morgan fingerprint density at radius 2 is 2.39 bits per heavy atom. The lowest BCUT2D eigenvalue weighted by molar-refractivity contribution is 0.274. The topological polar surface area (TPSA) is 41.3 Å². The van der Waals surface area contributed by atoms with Gasteiger partial charge in [-0.1, -0.05) is 11.2 Å². The highest BCUT2D eigenvalue weighted by atomic mass is 32.1. The number of hydrogen-bond donors (Lipinski definition) is 1. The zero-order valence-corrected chi connectivity index (χ0v) is 11.7. The van der Waals surface area contributed by atoms with Crippen LogP contribution in [0.5, 0.6) is 0 Å². The molecule has 98 valence electrons. The van der Waals surface area contributed by atoms with E-state index in [1.165, 1.54) is 4.88 Å². The number of likely N-dealkylation sites (N-methyl/N-ethyl adjacent to an activating group) is 1. The maximum Gasteiger partial charge on any atom is 0.151 e. The van der Waals surface area contributed by atoms with Gasteiger partial charge in [0.25, 0.3) is 0 Å². The van der Waals surface area contributed by atoms with E-state index < -0.39 is 0 Å². The Kier molecular flexibility index (Phi) is 4.92. The van der Waals surface area contributed by atoms with Crippen LogP contribution < -0.4 is 5.32 Å². The Labute approximate surface area is 112 Å². The van der Waals surface area contributed by atoms with E-state index in [1.807, 2.05) is 24.5 Å². The second-order valence-electron chi connectivity index (χ2n) is 4.38. The van der Waals surface area contributed by atoms with Crippen LogP contribution in [-0.2, 0) is 19.5 Å². The standard InChI is InChI=1S/C13H19N3OS/c1-14-9-11-8-12(17-15-11)10-16(2)6-5-13-4-3-7-18-13/h3-4,7-8,14H,5-6,9-10H2,1-2H3. The molecule has 0 aliphatic carbocycles. The van der Waals surface area contributed by atoms with Gasteiger partial charge < -0.3 is 9.84 Å². The smallest absolute Gasteiger partial charge is 0.151 e. The molecule has 0 saturated heterocycles. The first-order valence-corrected chi connectivity index (χ1v) is 6.96. The quantitative estimate of drug-likeness (QED) is 0.832. The van der Waals surface area contributed by atoms with E-state index >= 15 is 0 Å². The summed E-state index contributed by atoms with van der Waals surface area (Å²) in [4.78, 5) is 3.68. The molecule has 2 rings (SSSR count). The van der Waals surface area contributed by atoms with Crippen LogP contribution in [-0.4, -0.2) is 30.7 Å². The summed E-state index contributed by atoms with van der Waals surface area (Å²) in [5.41, 5.74) is 0.958. The summed E-state index contributed by atoms with van der Waals surface area (Å²) in [6, 6.07) is 6.29. The average Bonchev–Trinajstić information content (AvgIpc) is 2.99.